The first kappa shape index (κ1) is 13.8. The number of halogens is 3. The summed E-state index contributed by atoms with van der Waals surface area (Å²) in [5.41, 5.74) is 1.96. The van der Waals surface area contributed by atoms with E-state index in [1.807, 2.05) is 6.07 Å². The van der Waals surface area contributed by atoms with Crippen LogP contribution in [-0.4, -0.2) is 11.7 Å². The molecule has 0 aliphatic carbocycles. The summed E-state index contributed by atoms with van der Waals surface area (Å²) >= 11 is 14.5. The summed E-state index contributed by atoms with van der Waals surface area (Å²) in [6.45, 7) is 1.86. The highest BCUT2D eigenvalue weighted by molar-refractivity contribution is 9.10. The zero-order valence-electron chi connectivity index (χ0n) is 8.58. The van der Waals surface area contributed by atoms with Crippen molar-refractivity contribution in [2.75, 3.05) is 6.61 Å². The monoisotopic (exact) mass is 324 g/mol. The van der Waals surface area contributed by atoms with Gasteiger partial charge in [-0.3, -0.25) is 0 Å². The van der Waals surface area contributed by atoms with E-state index < -0.39 is 6.10 Å². The van der Waals surface area contributed by atoms with Gasteiger partial charge in [0.25, 0.3) is 0 Å². The highest BCUT2D eigenvalue weighted by Gasteiger charge is 2.09. The van der Waals surface area contributed by atoms with Gasteiger partial charge in [-0.2, -0.15) is 0 Å². The van der Waals surface area contributed by atoms with Crippen LogP contribution in [0.5, 0.6) is 5.75 Å². The molecule has 0 bridgehead atoms. The van der Waals surface area contributed by atoms with Crippen LogP contribution in [0, 0.1) is 0 Å². The highest BCUT2D eigenvalue weighted by atomic mass is 79.9. The van der Waals surface area contributed by atoms with E-state index in [9.17, 15) is 5.11 Å². The van der Waals surface area contributed by atoms with Crippen LogP contribution in [-0.2, 0) is 0 Å². The molecule has 16 heavy (non-hydrogen) atoms. The Bertz CT molecular complexity index is 392. The van der Waals surface area contributed by atoms with Crippen LogP contribution < -0.4 is 4.74 Å². The van der Waals surface area contributed by atoms with Crippen molar-refractivity contribution in [2.24, 2.45) is 0 Å². The predicted octanol–water partition coefficient (Wildman–Crippen LogP) is 4.20. The Morgan fingerprint density at radius 1 is 1.62 bits per heavy atom. The molecule has 5 heteroatoms. The Labute approximate surface area is 113 Å². The van der Waals surface area contributed by atoms with Crippen molar-refractivity contribution in [3.63, 3.8) is 0 Å². The standard InChI is InChI=1S/C11H11BrCl2O2/c1-7(15)10-3-2-8(12)4-11(10)16-6-9(14)5-13/h2-5,7,15H,6H2,1H3/b9-5-/t7-/m1/s1. The molecule has 0 aromatic heterocycles. The van der Waals surface area contributed by atoms with E-state index in [0.29, 0.717) is 16.3 Å². The molecule has 1 N–H and O–H groups in total. The number of ether oxygens (including phenoxy) is 1. The molecule has 0 aliphatic rings. The summed E-state index contributed by atoms with van der Waals surface area (Å²) < 4.78 is 6.33. The Balaban J connectivity index is 2.88. The van der Waals surface area contributed by atoms with Crippen LogP contribution in [0.3, 0.4) is 0 Å². The molecule has 0 amide bonds. The molecule has 0 saturated heterocycles. The van der Waals surface area contributed by atoms with Crippen LogP contribution in [0.1, 0.15) is 18.6 Å². The van der Waals surface area contributed by atoms with Gasteiger partial charge in [-0.05, 0) is 19.1 Å². The van der Waals surface area contributed by atoms with Gasteiger partial charge in [-0.25, -0.2) is 0 Å². The normalized spacial score (nSPS) is 13.7. The lowest BCUT2D eigenvalue weighted by atomic mass is 10.1. The van der Waals surface area contributed by atoms with Crippen molar-refractivity contribution in [3.05, 3.63) is 38.8 Å². The third-order valence-corrected chi connectivity index (χ3v) is 3.00. The van der Waals surface area contributed by atoms with Crippen molar-refractivity contribution in [1.82, 2.24) is 0 Å². The van der Waals surface area contributed by atoms with Gasteiger partial charge in [0.15, 0.2) is 0 Å². The van der Waals surface area contributed by atoms with Gasteiger partial charge in [0.1, 0.15) is 12.4 Å². The fourth-order valence-electron chi connectivity index (χ4n) is 1.16. The Hall–Kier alpha value is -0.220. The molecule has 1 aromatic carbocycles. The van der Waals surface area contributed by atoms with Crippen LogP contribution in [0.2, 0.25) is 0 Å². The van der Waals surface area contributed by atoms with E-state index >= 15 is 0 Å². The number of benzene rings is 1. The second-order valence-electron chi connectivity index (χ2n) is 3.20. The fraction of sp³-hybridized carbons (Fsp3) is 0.273. The third kappa shape index (κ3) is 3.98. The molecule has 1 atom stereocenters. The van der Waals surface area contributed by atoms with E-state index in [0.717, 1.165) is 4.47 Å². The molecule has 0 fully saturated rings. The largest absolute Gasteiger partial charge is 0.488 e. The zero-order chi connectivity index (χ0) is 12.1. The molecule has 1 rings (SSSR count). The van der Waals surface area contributed by atoms with Gasteiger partial charge in [-0.1, -0.05) is 45.2 Å². The minimum Gasteiger partial charge on any atom is -0.488 e. The SMILES string of the molecule is C[C@@H](O)c1ccc(Br)cc1OC/C(Cl)=C/Cl. The maximum atomic E-state index is 9.55. The molecule has 2 nitrogen and oxygen atoms in total. The lowest BCUT2D eigenvalue weighted by Gasteiger charge is -2.13. The number of rotatable bonds is 4. The van der Waals surface area contributed by atoms with Gasteiger partial charge in [0, 0.05) is 15.6 Å². The summed E-state index contributed by atoms with van der Waals surface area (Å²) in [6.07, 6.45) is -0.596. The first-order valence-electron chi connectivity index (χ1n) is 4.59. The van der Waals surface area contributed by atoms with Crippen molar-refractivity contribution in [3.8, 4) is 5.75 Å². The van der Waals surface area contributed by atoms with Crippen LogP contribution in [0.4, 0.5) is 0 Å². The molecular weight excluding hydrogens is 315 g/mol. The summed E-state index contributed by atoms with van der Waals surface area (Å²) in [5.74, 6) is 0.584. The van der Waals surface area contributed by atoms with Gasteiger partial charge < -0.3 is 9.84 Å². The Morgan fingerprint density at radius 3 is 2.88 bits per heavy atom. The smallest absolute Gasteiger partial charge is 0.126 e. The first-order valence-corrected chi connectivity index (χ1v) is 6.20. The van der Waals surface area contributed by atoms with Crippen molar-refractivity contribution >= 4 is 39.1 Å². The van der Waals surface area contributed by atoms with Crippen LogP contribution in [0.15, 0.2) is 33.2 Å². The van der Waals surface area contributed by atoms with Crippen molar-refractivity contribution in [2.45, 2.75) is 13.0 Å². The van der Waals surface area contributed by atoms with Gasteiger partial charge in [0.2, 0.25) is 0 Å². The number of aliphatic hydroxyl groups is 1. The van der Waals surface area contributed by atoms with Crippen molar-refractivity contribution < 1.29 is 9.84 Å². The van der Waals surface area contributed by atoms with E-state index in [-0.39, 0.29) is 6.61 Å². The van der Waals surface area contributed by atoms with Gasteiger partial charge >= 0.3 is 0 Å². The molecule has 88 valence electrons. The molecular formula is C11H11BrCl2O2. The second kappa shape index (κ2) is 6.50. The minimum absolute atomic E-state index is 0.182. The molecule has 1 aromatic rings. The Morgan fingerprint density at radius 2 is 2.31 bits per heavy atom. The number of hydrogen-bond donors (Lipinski definition) is 1. The zero-order valence-corrected chi connectivity index (χ0v) is 11.7. The lowest BCUT2D eigenvalue weighted by Crippen LogP contribution is -2.02. The number of hydrogen-bond acceptors (Lipinski definition) is 2. The molecule has 0 aliphatic heterocycles. The second-order valence-corrected chi connectivity index (χ2v) is 4.82. The average molecular weight is 326 g/mol. The molecule has 0 heterocycles. The molecule has 0 unspecified atom stereocenters. The van der Waals surface area contributed by atoms with E-state index in [1.165, 1.54) is 5.54 Å². The van der Waals surface area contributed by atoms with Crippen molar-refractivity contribution in [1.29, 1.82) is 0 Å². The van der Waals surface area contributed by atoms with E-state index in [2.05, 4.69) is 15.9 Å². The molecule has 0 radical (unpaired) electrons. The Kier molecular flexibility index (Phi) is 5.62. The number of aliphatic hydroxyl groups excluding tert-OH is 1. The third-order valence-electron chi connectivity index (χ3n) is 1.91. The highest BCUT2D eigenvalue weighted by Crippen LogP contribution is 2.29. The average Bonchev–Trinajstić information content (AvgIpc) is 2.25. The summed E-state index contributed by atoms with van der Waals surface area (Å²) in [6, 6.07) is 5.41. The lowest BCUT2D eigenvalue weighted by molar-refractivity contribution is 0.193. The van der Waals surface area contributed by atoms with E-state index in [1.54, 1.807) is 19.1 Å². The molecule has 0 spiro atoms. The van der Waals surface area contributed by atoms with Crippen LogP contribution >= 0.6 is 39.1 Å². The van der Waals surface area contributed by atoms with Crippen LogP contribution in [0.25, 0.3) is 0 Å². The quantitative estimate of drug-likeness (QED) is 0.899. The minimum atomic E-state index is -0.596. The predicted molar refractivity (Wildman–Crippen MR) is 70.1 cm³/mol. The van der Waals surface area contributed by atoms with Gasteiger partial charge in [-0.15, -0.1) is 0 Å². The topological polar surface area (TPSA) is 29.5 Å². The first-order chi connectivity index (χ1) is 7.54. The van der Waals surface area contributed by atoms with Gasteiger partial charge in [0.05, 0.1) is 11.1 Å². The maximum Gasteiger partial charge on any atom is 0.126 e. The summed E-state index contributed by atoms with van der Waals surface area (Å²) in [5, 5.41) is 9.95. The maximum absolute atomic E-state index is 9.55. The fourth-order valence-corrected chi connectivity index (χ4v) is 1.61. The van der Waals surface area contributed by atoms with E-state index in [4.69, 9.17) is 27.9 Å². The summed E-state index contributed by atoms with van der Waals surface area (Å²) in [4.78, 5) is 0. The molecule has 0 saturated carbocycles. The summed E-state index contributed by atoms with van der Waals surface area (Å²) in [7, 11) is 0.